The number of nitro benzene ring substituents is 1. The van der Waals surface area contributed by atoms with Gasteiger partial charge in [-0.2, -0.15) is 0 Å². The number of carbonyl (C=O) groups is 2. The van der Waals surface area contributed by atoms with Crippen molar-refractivity contribution in [2.75, 3.05) is 36.4 Å². The molecule has 0 radical (unpaired) electrons. The van der Waals surface area contributed by atoms with E-state index >= 15 is 0 Å². The molecule has 1 fully saturated rings. The molecule has 0 bridgehead atoms. The number of nitrogens with zero attached hydrogens (tertiary/aromatic N) is 3. The number of nitro groups is 1. The van der Waals surface area contributed by atoms with Crippen LogP contribution in [0.4, 0.5) is 17.1 Å². The first-order valence-corrected chi connectivity index (χ1v) is 9.02. The molecular weight excluding hydrogens is 360 g/mol. The Morgan fingerprint density at radius 3 is 2.36 bits per heavy atom. The summed E-state index contributed by atoms with van der Waals surface area (Å²) in [4.78, 5) is 38.7. The molecule has 0 unspecified atom stereocenters. The van der Waals surface area contributed by atoms with Gasteiger partial charge >= 0.3 is 0 Å². The summed E-state index contributed by atoms with van der Waals surface area (Å²) in [5, 5.41) is 14.4. The predicted molar refractivity (Wildman–Crippen MR) is 107 cm³/mol. The highest BCUT2D eigenvalue weighted by Gasteiger charge is 2.26. The molecule has 0 spiro atoms. The van der Waals surface area contributed by atoms with Gasteiger partial charge in [-0.15, -0.1) is 0 Å². The van der Waals surface area contributed by atoms with Gasteiger partial charge in [0, 0.05) is 50.4 Å². The van der Waals surface area contributed by atoms with Crippen LogP contribution in [0.25, 0.3) is 0 Å². The summed E-state index contributed by atoms with van der Waals surface area (Å²) in [7, 11) is 0. The van der Waals surface area contributed by atoms with Gasteiger partial charge in [-0.05, 0) is 30.7 Å². The maximum absolute atomic E-state index is 12.6. The van der Waals surface area contributed by atoms with E-state index in [1.54, 1.807) is 23.1 Å². The standard InChI is InChI=1S/C20H22N4O4/c1-14-5-3-4-6-17(14)21-20(26)16-7-8-18(19(13-16)24(27)28)23-11-9-22(10-12-23)15(2)25/h3-8,13H,9-12H2,1-2H3,(H,21,26). The predicted octanol–water partition coefficient (Wildman–Crippen LogP) is 2.82. The van der Waals surface area contributed by atoms with Crippen LogP contribution in [0.1, 0.15) is 22.8 Å². The summed E-state index contributed by atoms with van der Waals surface area (Å²) in [5.41, 5.74) is 2.14. The van der Waals surface area contributed by atoms with E-state index in [1.165, 1.54) is 13.0 Å². The van der Waals surface area contributed by atoms with Crippen molar-refractivity contribution in [3.63, 3.8) is 0 Å². The summed E-state index contributed by atoms with van der Waals surface area (Å²) in [6.07, 6.45) is 0. The summed E-state index contributed by atoms with van der Waals surface area (Å²) in [5.74, 6) is -0.400. The Bertz CT molecular complexity index is 920. The number of rotatable bonds is 4. The molecule has 8 nitrogen and oxygen atoms in total. The molecule has 0 atom stereocenters. The highest BCUT2D eigenvalue weighted by atomic mass is 16.6. The largest absolute Gasteiger partial charge is 0.362 e. The lowest BCUT2D eigenvalue weighted by molar-refractivity contribution is -0.384. The van der Waals surface area contributed by atoms with E-state index in [9.17, 15) is 19.7 Å². The van der Waals surface area contributed by atoms with E-state index in [0.29, 0.717) is 37.6 Å². The van der Waals surface area contributed by atoms with Crippen molar-refractivity contribution < 1.29 is 14.5 Å². The molecule has 1 N–H and O–H groups in total. The van der Waals surface area contributed by atoms with Crippen LogP contribution in [-0.2, 0) is 4.79 Å². The molecule has 1 aliphatic heterocycles. The second-order valence-corrected chi connectivity index (χ2v) is 6.72. The van der Waals surface area contributed by atoms with Crippen molar-refractivity contribution in [1.82, 2.24) is 4.90 Å². The van der Waals surface area contributed by atoms with Gasteiger partial charge in [0.2, 0.25) is 5.91 Å². The maximum Gasteiger partial charge on any atom is 0.293 e. The third-order valence-corrected chi connectivity index (χ3v) is 4.89. The molecule has 8 heteroatoms. The lowest BCUT2D eigenvalue weighted by Crippen LogP contribution is -2.48. The van der Waals surface area contributed by atoms with Gasteiger partial charge in [0.1, 0.15) is 5.69 Å². The third kappa shape index (κ3) is 4.11. The Balaban J connectivity index is 1.81. The number of anilines is 2. The lowest BCUT2D eigenvalue weighted by Gasteiger charge is -2.35. The highest BCUT2D eigenvalue weighted by Crippen LogP contribution is 2.30. The molecule has 1 aliphatic rings. The number of para-hydroxylation sites is 1. The summed E-state index contributed by atoms with van der Waals surface area (Å²) < 4.78 is 0. The number of hydrogen-bond donors (Lipinski definition) is 1. The minimum absolute atomic E-state index is 0.00243. The van der Waals surface area contributed by atoms with Gasteiger partial charge in [-0.3, -0.25) is 19.7 Å². The van der Waals surface area contributed by atoms with Crippen LogP contribution in [0.3, 0.4) is 0 Å². The smallest absolute Gasteiger partial charge is 0.293 e. The zero-order chi connectivity index (χ0) is 20.3. The fraction of sp³-hybridized carbons (Fsp3) is 0.300. The van der Waals surface area contributed by atoms with E-state index in [4.69, 9.17) is 0 Å². The molecule has 1 saturated heterocycles. The fourth-order valence-electron chi connectivity index (χ4n) is 3.25. The molecule has 0 saturated carbocycles. The first-order valence-electron chi connectivity index (χ1n) is 9.02. The van der Waals surface area contributed by atoms with E-state index in [0.717, 1.165) is 5.56 Å². The quantitative estimate of drug-likeness (QED) is 0.648. The summed E-state index contributed by atoms with van der Waals surface area (Å²) >= 11 is 0. The number of amides is 2. The van der Waals surface area contributed by atoms with Crippen LogP contribution < -0.4 is 10.2 Å². The Kier molecular flexibility index (Phi) is 5.58. The molecular formula is C20H22N4O4. The van der Waals surface area contributed by atoms with Crippen molar-refractivity contribution in [3.05, 3.63) is 63.7 Å². The molecule has 1 heterocycles. The SMILES string of the molecule is CC(=O)N1CCN(c2ccc(C(=O)Nc3ccccc3C)cc2[N+](=O)[O-])CC1. The Hall–Kier alpha value is -3.42. The molecule has 0 aliphatic carbocycles. The van der Waals surface area contributed by atoms with Crippen LogP contribution in [0.15, 0.2) is 42.5 Å². The summed E-state index contributed by atoms with van der Waals surface area (Å²) in [6, 6.07) is 11.8. The van der Waals surface area contributed by atoms with Crippen molar-refractivity contribution in [2.24, 2.45) is 0 Å². The third-order valence-electron chi connectivity index (χ3n) is 4.89. The molecule has 2 amide bonds. The fourth-order valence-corrected chi connectivity index (χ4v) is 3.25. The molecule has 2 aromatic carbocycles. The first-order chi connectivity index (χ1) is 13.4. The second-order valence-electron chi connectivity index (χ2n) is 6.72. The Labute approximate surface area is 162 Å². The Morgan fingerprint density at radius 1 is 1.07 bits per heavy atom. The van der Waals surface area contributed by atoms with Gasteiger partial charge in [-0.1, -0.05) is 18.2 Å². The minimum atomic E-state index is -0.475. The second kappa shape index (κ2) is 8.08. The van der Waals surface area contributed by atoms with Gasteiger partial charge in [-0.25, -0.2) is 0 Å². The molecule has 0 aromatic heterocycles. The zero-order valence-electron chi connectivity index (χ0n) is 15.8. The number of hydrogen-bond acceptors (Lipinski definition) is 5. The van der Waals surface area contributed by atoms with Crippen LogP contribution in [0.2, 0.25) is 0 Å². The zero-order valence-corrected chi connectivity index (χ0v) is 15.8. The number of aryl methyl sites for hydroxylation is 1. The van der Waals surface area contributed by atoms with Crippen molar-refractivity contribution >= 4 is 28.9 Å². The van der Waals surface area contributed by atoms with Crippen molar-refractivity contribution in [2.45, 2.75) is 13.8 Å². The van der Waals surface area contributed by atoms with E-state index in [-0.39, 0.29) is 17.2 Å². The molecule has 3 rings (SSSR count). The molecule has 146 valence electrons. The van der Waals surface area contributed by atoms with Crippen molar-refractivity contribution in [3.8, 4) is 0 Å². The van der Waals surface area contributed by atoms with Gasteiger partial charge in [0.25, 0.3) is 11.6 Å². The normalized spacial score (nSPS) is 13.9. The van der Waals surface area contributed by atoms with Crippen LogP contribution in [0, 0.1) is 17.0 Å². The maximum atomic E-state index is 12.6. The van der Waals surface area contributed by atoms with E-state index < -0.39 is 10.8 Å². The van der Waals surface area contributed by atoms with E-state index in [2.05, 4.69) is 5.32 Å². The molecule has 2 aromatic rings. The van der Waals surface area contributed by atoms with Crippen LogP contribution in [-0.4, -0.2) is 47.8 Å². The number of nitrogens with one attached hydrogen (secondary N) is 1. The number of benzene rings is 2. The minimum Gasteiger partial charge on any atom is -0.362 e. The van der Waals surface area contributed by atoms with Gasteiger partial charge < -0.3 is 15.1 Å². The Morgan fingerprint density at radius 2 is 1.75 bits per heavy atom. The van der Waals surface area contributed by atoms with E-state index in [1.807, 2.05) is 30.0 Å². The lowest BCUT2D eigenvalue weighted by atomic mass is 10.1. The van der Waals surface area contributed by atoms with Crippen LogP contribution >= 0.6 is 0 Å². The van der Waals surface area contributed by atoms with Crippen molar-refractivity contribution in [1.29, 1.82) is 0 Å². The van der Waals surface area contributed by atoms with Gasteiger partial charge in [0.15, 0.2) is 0 Å². The van der Waals surface area contributed by atoms with Crippen LogP contribution in [0.5, 0.6) is 0 Å². The first kappa shape index (κ1) is 19.3. The average molecular weight is 382 g/mol. The van der Waals surface area contributed by atoms with Gasteiger partial charge in [0.05, 0.1) is 4.92 Å². The average Bonchev–Trinajstić information content (AvgIpc) is 2.69. The monoisotopic (exact) mass is 382 g/mol. The summed E-state index contributed by atoms with van der Waals surface area (Å²) in [6.45, 7) is 5.44. The highest BCUT2D eigenvalue weighted by molar-refractivity contribution is 6.05. The molecule has 28 heavy (non-hydrogen) atoms. The number of piperazine rings is 1. The number of carbonyl (C=O) groups excluding carboxylic acids is 2. The topological polar surface area (TPSA) is 95.8 Å².